The summed E-state index contributed by atoms with van der Waals surface area (Å²) in [5.41, 5.74) is 2.05. The molecule has 1 amide bonds. The predicted molar refractivity (Wildman–Crippen MR) is 124 cm³/mol. The van der Waals surface area contributed by atoms with Crippen LogP contribution >= 0.6 is 11.5 Å². The third-order valence-electron chi connectivity index (χ3n) is 4.91. The maximum atomic E-state index is 13.1. The molecule has 1 N–H and O–H groups in total. The molecule has 0 saturated heterocycles. The van der Waals surface area contributed by atoms with Crippen LogP contribution in [0.2, 0.25) is 0 Å². The molecule has 0 fully saturated rings. The number of benzene rings is 2. The lowest BCUT2D eigenvalue weighted by Crippen LogP contribution is -2.37. The quantitative estimate of drug-likeness (QED) is 0.404. The van der Waals surface area contributed by atoms with Crippen LogP contribution in [0, 0.1) is 5.82 Å². The minimum atomic E-state index is -0.259. The van der Waals surface area contributed by atoms with E-state index in [9.17, 15) is 9.18 Å². The van der Waals surface area contributed by atoms with Gasteiger partial charge >= 0.3 is 0 Å². The molecule has 3 aromatic rings. The Bertz CT molecular complexity index is 930. The second kappa shape index (κ2) is 12.2. The number of nitrogens with zero attached hydrogens (tertiary/aromatic N) is 3. The van der Waals surface area contributed by atoms with E-state index in [2.05, 4.69) is 21.6 Å². The summed E-state index contributed by atoms with van der Waals surface area (Å²) in [6.07, 6.45) is 5.03. The Kier molecular flexibility index (Phi) is 8.97. The third-order valence-corrected chi connectivity index (χ3v) is 5.72. The normalized spacial score (nSPS) is 10.8. The monoisotopic (exact) mass is 440 g/mol. The molecule has 0 spiro atoms. The molecule has 1 aromatic heterocycles. The van der Waals surface area contributed by atoms with Crippen molar-refractivity contribution in [2.45, 2.75) is 45.6 Å². The molecule has 164 valence electrons. The first-order valence-corrected chi connectivity index (χ1v) is 11.5. The Morgan fingerprint density at radius 2 is 1.81 bits per heavy atom. The third kappa shape index (κ3) is 7.75. The van der Waals surface area contributed by atoms with Gasteiger partial charge in [-0.25, -0.2) is 9.37 Å². The topological polar surface area (TPSA) is 58.1 Å². The number of nitrogens with one attached hydrogen (secondary N) is 1. The highest BCUT2D eigenvalue weighted by molar-refractivity contribution is 7.09. The summed E-state index contributed by atoms with van der Waals surface area (Å²) in [7, 11) is 0. The Morgan fingerprint density at radius 1 is 1.03 bits per heavy atom. The molecule has 1 heterocycles. The largest absolute Gasteiger partial charge is 0.355 e. The summed E-state index contributed by atoms with van der Waals surface area (Å²) < 4.78 is 17.6. The zero-order valence-electron chi connectivity index (χ0n) is 17.9. The Morgan fingerprint density at radius 3 is 2.55 bits per heavy atom. The Hall–Kier alpha value is -2.80. The summed E-state index contributed by atoms with van der Waals surface area (Å²) in [6, 6.07) is 16.4. The molecule has 31 heavy (non-hydrogen) atoms. The first-order valence-electron chi connectivity index (χ1n) is 10.8. The number of hydrogen-bond donors (Lipinski definition) is 1. The standard InChI is InChI=1S/C24H29FN4OS/c1-2-3-4-8-15-26-23(30)18-29(17-20-9-6-5-7-10-20)24-27-22(28-31-24)16-19-11-13-21(25)14-12-19/h5-7,9-14H,2-4,8,15-18H2,1H3,(H,26,30). The van der Waals surface area contributed by atoms with E-state index in [1.165, 1.54) is 36.5 Å². The molecule has 3 rings (SSSR count). The average Bonchev–Trinajstić information content (AvgIpc) is 3.24. The number of anilines is 1. The zero-order valence-corrected chi connectivity index (χ0v) is 18.7. The Labute approximate surface area is 187 Å². The maximum absolute atomic E-state index is 13.1. The smallest absolute Gasteiger partial charge is 0.239 e. The molecular formula is C24H29FN4OS. The molecular weight excluding hydrogens is 411 g/mol. The lowest BCUT2D eigenvalue weighted by atomic mass is 10.1. The second-order valence-corrected chi connectivity index (χ2v) is 8.28. The summed E-state index contributed by atoms with van der Waals surface area (Å²) in [5, 5.41) is 3.73. The summed E-state index contributed by atoms with van der Waals surface area (Å²) in [6.45, 7) is 3.68. The molecule has 7 heteroatoms. The van der Waals surface area contributed by atoms with Crippen molar-refractivity contribution in [2.75, 3.05) is 18.0 Å². The van der Waals surface area contributed by atoms with E-state index in [-0.39, 0.29) is 18.3 Å². The molecule has 0 aliphatic heterocycles. The Balaban J connectivity index is 1.65. The number of rotatable bonds is 12. The molecule has 2 aromatic carbocycles. The number of carbonyl (C=O) groups excluding carboxylic acids is 1. The van der Waals surface area contributed by atoms with Crippen LogP contribution in [0.4, 0.5) is 9.52 Å². The van der Waals surface area contributed by atoms with Crippen LogP contribution in [0.5, 0.6) is 0 Å². The molecule has 0 aliphatic rings. The highest BCUT2D eigenvalue weighted by Crippen LogP contribution is 2.21. The molecule has 0 bridgehead atoms. The number of carbonyl (C=O) groups is 1. The fourth-order valence-corrected chi connectivity index (χ4v) is 3.92. The van der Waals surface area contributed by atoms with Crippen LogP contribution in [-0.2, 0) is 17.8 Å². The molecule has 5 nitrogen and oxygen atoms in total. The minimum absolute atomic E-state index is 0.0114. The van der Waals surface area contributed by atoms with Crippen LogP contribution in [-0.4, -0.2) is 28.4 Å². The summed E-state index contributed by atoms with van der Waals surface area (Å²) >= 11 is 1.29. The van der Waals surface area contributed by atoms with Crippen LogP contribution in [0.15, 0.2) is 54.6 Å². The van der Waals surface area contributed by atoms with Crippen LogP contribution in [0.1, 0.15) is 49.6 Å². The van der Waals surface area contributed by atoms with Crippen molar-refractivity contribution in [1.82, 2.24) is 14.7 Å². The van der Waals surface area contributed by atoms with Crippen LogP contribution < -0.4 is 10.2 Å². The van der Waals surface area contributed by atoms with Crippen molar-refractivity contribution in [2.24, 2.45) is 0 Å². The van der Waals surface area contributed by atoms with Crippen molar-refractivity contribution in [3.63, 3.8) is 0 Å². The number of hydrogen-bond acceptors (Lipinski definition) is 5. The maximum Gasteiger partial charge on any atom is 0.239 e. The van der Waals surface area contributed by atoms with E-state index >= 15 is 0 Å². The van der Waals surface area contributed by atoms with E-state index < -0.39 is 0 Å². The number of aromatic nitrogens is 2. The first-order chi connectivity index (χ1) is 15.1. The fraction of sp³-hybridized carbons (Fsp3) is 0.375. The highest BCUT2D eigenvalue weighted by atomic mass is 32.1. The second-order valence-electron chi connectivity index (χ2n) is 7.55. The van der Waals surface area contributed by atoms with Crippen LogP contribution in [0.25, 0.3) is 0 Å². The summed E-state index contributed by atoms with van der Waals surface area (Å²) in [5.74, 6) is 0.401. The lowest BCUT2D eigenvalue weighted by Gasteiger charge is -2.21. The average molecular weight is 441 g/mol. The van der Waals surface area contributed by atoms with Crippen molar-refractivity contribution in [3.05, 3.63) is 77.4 Å². The van der Waals surface area contributed by atoms with E-state index in [0.29, 0.717) is 30.5 Å². The van der Waals surface area contributed by atoms with Crippen molar-refractivity contribution < 1.29 is 9.18 Å². The van der Waals surface area contributed by atoms with Gasteiger partial charge in [-0.15, -0.1) is 0 Å². The van der Waals surface area contributed by atoms with Gasteiger partial charge in [0, 0.05) is 31.0 Å². The van der Waals surface area contributed by atoms with Gasteiger partial charge in [-0.05, 0) is 29.7 Å². The van der Waals surface area contributed by atoms with Crippen molar-refractivity contribution in [3.8, 4) is 0 Å². The number of amides is 1. The van der Waals surface area contributed by atoms with Gasteiger partial charge < -0.3 is 10.2 Å². The van der Waals surface area contributed by atoms with Gasteiger partial charge in [-0.2, -0.15) is 4.37 Å². The molecule has 0 aliphatic carbocycles. The predicted octanol–water partition coefficient (Wildman–Crippen LogP) is 4.97. The number of unbranched alkanes of at least 4 members (excludes halogenated alkanes) is 3. The number of halogens is 1. The van der Waals surface area contributed by atoms with Gasteiger partial charge in [-0.1, -0.05) is 68.7 Å². The fourth-order valence-electron chi connectivity index (χ4n) is 3.23. The molecule has 0 atom stereocenters. The van der Waals surface area contributed by atoms with E-state index in [0.717, 1.165) is 24.0 Å². The zero-order chi connectivity index (χ0) is 21.9. The van der Waals surface area contributed by atoms with Gasteiger partial charge in [0.25, 0.3) is 0 Å². The summed E-state index contributed by atoms with van der Waals surface area (Å²) in [4.78, 5) is 19.2. The van der Waals surface area contributed by atoms with Crippen molar-refractivity contribution >= 4 is 22.6 Å². The van der Waals surface area contributed by atoms with Gasteiger partial charge in [0.15, 0.2) is 0 Å². The molecule has 0 saturated carbocycles. The van der Waals surface area contributed by atoms with Gasteiger partial charge in [0.05, 0.1) is 6.54 Å². The van der Waals surface area contributed by atoms with Crippen molar-refractivity contribution in [1.29, 1.82) is 0 Å². The van der Waals surface area contributed by atoms with E-state index in [4.69, 9.17) is 0 Å². The SMILES string of the molecule is CCCCCCNC(=O)CN(Cc1ccccc1)c1nc(Cc2ccc(F)cc2)ns1. The first kappa shape index (κ1) is 22.9. The van der Waals surface area contributed by atoms with E-state index in [1.54, 1.807) is 12.1 Å². The molecule has 0 unspecified atom stereocenters. The van der Waals surface area contributed by atoms with Gasteiger partial charge in [-0.3, -0.25) is 4.79 Å². The lowest BCUT2D eigenvalue weighted by molar-refractivity contribution is -0.119. The van der Waals surface area contributed by atoms with Crippen LogP contribution in [0.3, 0.4) is 0 Å². The van der Waals surface area contributed by atoms with Gasteiger partial charge in [0.1, 0.15) is 11.6 Å². The molecule has 0 radical (unpaired) electrons. The highest BCUT2D eigenvalue weighted by Gasteiger charge is 2.17. The van der Waals surface area contributed by atoms with Gasteiger partial charge in [0.2, 0.25) is 11.0 Å². The minimum Gasteiger partial charge on any atom is -0.355 e. The van der Waals surface area contributed by atoms with E-state index in [1.807, 2.05) is 35.2 Å².